The van der Waals surface area contributed by atoms with E-state index in [1.165, 1.54) is 19.3 Å². The molecule has 120 valence electrons. The van der Waals surface area contributed by atoms with Crippen LogP contribution in [0.2, 0.25) is 0 Å². The molecule has 0 radical (unpaired) electrons. The van der Waals surface area contributed by atoms with Crippen LogP contribution in [0.1, 0.15) is 29.6 Å². The summed E-state index contributed by atoms with van der Waals surface area (Å²) < 4.78 is 0. The van der Waals surface area contributed by atoms with Crippen molar-refractivity contribution in [3.63, 3.8) is 0 Å². The Balaban J connectivity index is 0.00000156. The van der Waals surface area contributed by atoms with Crippen LogP contribution in [-0.2, 0) is 0 Å². The molecular weight excluding hydrogens is 314 g/mol. The van der Waals surface area contributed by atoms with Gasteiger partial charge in [0.05, 0.1) is 5.39 Å². The van der Waals surface area contributed by atoms with E-state index in [0.29, 0.717) is 5.56 Å². The molecule has 1 aliphatic heterocycles. The lowest BCUT2D eigenvalue weighted by atomic mass is 10.1. The Kier molecular flexibility index (Phi) is 4.09. The number of amides is 1. The highest BCUT2D eigenvalue weighted by atomic mass is 35.5. The fourth-order valence-electron chi connectivity index (χ4n) is 3.21. The number of nitrogens with two attached hydrogens (primary N) is 1. The third-order valence-electron chi connectivity index (χ3n) is 4.31. The van der Waals surface area contributed by atoms with E-state index >= 15 is 0 Å². The molecular formula is C16H18ClN5O. The molecule has 0 atom stereocenters. The predicted octanol–water partition coefficient (Wildman–Crippen LogP) is 2.62. The number of aromatic amines is 1. The number of halogens is 1. The zero-order valence-electron chi connectivity index (χ0n) is 12.6. The number of carbonyl (C=O) groups is 1. The average molecular weight is 332 g/mol. The summed E-state index contributed by atoms with van der Waals surface area (Å²) in [6, 6.07) is 5.43. The van der Waals surface area contributed by atoms with Gasteiger partial charge in [0.25, 0.3) is 0 Å². The average Bonchev–Trinajstić information content (AvgIpc) is 2.93. The van der Waals surface area contributed by atoms with E-state index in [4.69, 9.17) is 5.73 Å². The fraction of sp³-hybridized carbons (Fsp3) is 0.312. The number of nitrogens with one attached hydrogen (secondary N) is 1. The summed E-state index contributed by atoms with van der Waals surface area (Å²) in [5.41, 5.74) is 7.65. The highest BCUT2D eigenvalue weighted by molar-refractivity contribution is 6.13. The number of hydrogen-bond acceptors (Lipinski definition) is 4. The molecule has 7 heteroatoms. The molecule has 3 aromatic rings. The number of aromatic nitrogens is 3. The van der Waals surface area contributed by atoms with Crippen molar-refractivity contribution in [3.05, 3.63) is 30.1 Å². The number of H-pyrrole nitrogens is 1. The van der Waals surface area contributed by atoms with Gasteiger partial charge in [-0.15, -0.1) is 12.4 Å². The zero-order chi connectivity index (χ0) is 15.1. The minimum Gasteiger partial charge on any atom is -0.366 e. The third kappa shape index (κ3) is 2.59. The number of benzene rings is 1. The van der Waals surface area contributed by atoms with Gasteiger partial charge in [-0.25, -0.2) is 9.97 Å². The van der Waals surface area contributed by atoms with Crippen molar-refractivity contribution in [3.8, 4) is 0 Å². The first-order chi connectivity index (χ1) is 10.7. The van der Waals surface area contributed by atoms with Gasteiger partial charge >= 0.3 is 0 Å². The van der Waals surface area contributed by atoms with E-state index in [0.717, 1.165) is 40.8 Å². The van der Waals surface area contributed by atoms with Crippen molar-refractivity contribution in [2.75, 3.05) is 18.0 Å². The van der Waals surface area contributed by atoms with E-state index < -0.39 is 5.91 Å². The maximum atomic E-state index is 11.5. The van der Waals surface area contributed by atoms with Crippen LogP contribution in [0.5, 0.6) is 0 Å². The molecule has 1 saturated heterocycles. The Hall–Kier alpha value is -2.34. The highest BCUT2D eigenvalue weighted by Crippen LogP contribution is 2.32. The zero-order valence-corrected chi connectivity index (χ0v) is 13.4. The van der Waals surface area contributed by atoms with Crippen LogP contribution in [0.15, 0.2) is 24.5 Å². The largest absolute Gasteiger partial charge is 0.366 e. The molecule has 4 rings (SSSR count). The highest BCUT2D eigenvalue weighted by Gasteiger charge is 2.19. The second-order valence-corrected chi connectivity index (χ2v) is 5.72. The number of anilines is 1. The van der Waals surface area contributed by atoms with E-state index in [-0.39, 0.29) is 12.4 Å². The molecule has 0 spiro atoms. The van der Waals surface area contributed by atoms with E-state index in [1.807, 2.05) is 12.1 Å². The summed E-state index contributed by atoms with van der Waals surface area (Å²) in [5.74, 6) is 0.519. The summed E-state index contributed by atoms with van der Waals surface area (Å²) in [4.78, 5) is 25.9. The molecule has 1 aliphatic rings. The first-order valence-corrected chi connectivity index (χ1v) is 7.55. The summed E-state index contributed by atoms with van der Waals surface area (Å²) in [5, 5.41) is 1.93. The second kappa shape index (κ2) is 6.04. The molecule has 2 aromatic heterocycles. The Morgan fingerprint density at radius 1 is 1.17 bits per heavy atom. The lowest BCUT2D eigenvalue weighted by molar-refractivity contribution is 0.100. The van der Waals surface area contributed by atoms with Crippen molar-refractivity contribution in [2.45, 2.75) is 19.3 Å². The van der Waals surface area contributed by atoms with Gasteiger partial charge in [0.15, 0.2) is 0 Å². The smallest absolute Gasteiger partial charge is 0.248 e. The quantitative estimate of drug-likeness (QED) is 0.755. The van der Waals surface area contributed by atoms with Gasteiger partial charge < -0.3 is 15.6 Å². The number of fused-ring (bicyclic) bond motifs is 3. The van der Waals surface area contributed by atoms with E-state index in [1.54, 1.807) is 12.4 Å². The van der Waals surface area contributed by atoms with Crippen molar-refractivity contribution in [2.24, 2.45) is 5.73 Å². The van der Waals surface area contributed by atoms with Crippen molar-refractivity contribution in [1.82, 2.24) is 15.0 Å². The fourth-order valence-corrected chi connectivity index (χ4v) is 3.21. The molecule has 23 heavy (non-hydrogen) atoms. The van der Waals surface area contributed by atoms with Gasteiger partial charge in [0, 0.05) is 29.6 Å². The number of piperidine rings is 1. The molecule has 0 saturated carbocycles. The van der Waals surface area contributed by atoms with Crippen molar-refractivity contribution < 1.29 is 4.79 Å². The van der Waals surface area contributed by atoms with E-state index in [9.17, 15) is 4.79 Å². The van der Waals surface area contributed by atoms with Crippen LogP contribution < -0.4 is 10.6 Å². The van der Waals surface area contributed by atoms with Crippen molar-refractivity contribution in [1.29, 1.82) is 0 Å². The number of carbonyl (C=O) groups excluding carboxylic acids is 1. The predicted molar refractivity (Wildman–Crippen MR) is 93.2 cm³/mol. The molecule has 1 aromatic carbocycles. The first-order valence-electron chi connectivity index (χ1n) is 7.55. The molecule has 0 bridgehead atoms. The monoisotopic (exact) mass is 331 g/mol. The topological polar surface area (TPSA) is 87.9 Å². The van der Waals surface area contributed by atoms with Crippen LogP contribution in [-0.4, -0.2) is 33.9 Å². The summed E-state index contributed by atoms with van der Waals surface area (Å²) >= 11 is 0. The summed E-state index contributed by atoms with van der Waals surface area (Å²) in [6.45, 7) is 2.02. The van der Waals surface area contributed by atoms with Crippen LogP contribution in [0.25, 0.3) is 21.9 Å². The van der Waals surface area contributed by atoms with Crippen LogP contribution in [0.4, 0.5) is 5.82 Å². The minimum absolute atomic E-state index is 0. The van der Waals surface area contributed by atoms with Crippen molar-refractivity contribution >= 4 is 46.1 Å². The lowest BCUT2D eigenvalue weighted by Crippen LogP contribution is -2.30. The molecule has 0 aliphatic carbocycles. The van der Waals surface area contributed by atoms with Gasteiger partial charge in [0.2, 0.25) is 5.91 Å². The maximum absolute atomic E-state index is 11.5. The molecule has 0 unspecified atom stereocenters. The lowest BCUT2D eigenvalue weighted by Gasteiger charge is -2.28. The van der Waals surface area contributed by atoms with Gasteiger partial charge in [-0.2, -0.15) is 0 Å². The third-order valence-corrected chi connectivity index (χ3v) is 4.31. The van der Waals surface area contributed by atoms with Crippen LogP contribution >= 0.6 is 12.4 Å². The second-order valence-electron chi connectivity index (χ2n) is 5.72. The van der Waals surface area contributed by atoms with Gasteiger partial charge in [-0.1, -0.05) is 0 Å². The first kappa shape index (κ1) is 15.6. The number of primary amides is 1. The Morgan fingerprint density at radius 3 is 2.70 bits per heavy atom. The van der Waals surface area contributed by atoms with Gasteiger partial charge in [0.1, 0.15) is 17.8 Å². The molecule has 3 N–H and O–H groups in total. The normalized spacial score (nSPS) is 14.9. The standard InChI is InChI=1S/C16H17N5O.ClH/c17-14(22)10-4-5-12-11(8-10)13-15(20-12)18-9-19-16(13)21-6-2-1-3-7-21;/h4-5,8-9H,1-3,6-7H2,(H2,17,22)(H,18,19,20);1H. The summed E-state index contributed by atoms with van der Waals surface area (Å²) in [7, 11) is 0. The van der Waals surface area contributed by atoms with Crippen LogP contribution in [0.3, 0.4) is 0 Å². The minimum atomic E-state index is -0.423. The SMILES string of the molecule is Cl.NC(=O)c1ccc2[nH]c3ncnc(N4CCCCC4)c3c2c1. The van der Waals surface area contributed by atoms with Gasteiger partial charge in [-0.3, -0.25) is 4.79 Å². The van der Waals surface area contributed by atoms with Crippen LogP contribution in [0, 0.1) is 0 Å². The summed E-state index contributed by atoms with van der Waals surface area (Å²) in [6.07, 6.45) is 5.22. The Bertz CT molecular complexity index is 869. The maximum Gasteiger partial charge on any atom is 0.248 e. The molecule has 1 fully saturated rings. The number of hydrogen-bond donors (Lipinski definition) is 2. The number of rotatable bonds is 2. The Morgan fingerprint density at radius 2 is 1.96 bits per heavy atom. The molecule has 1 amide bonds. The molecule has 3 heterocycles. The van der Waals surface area contributed by atoms with E-state index in [2.05, 4.69) is 19.9 Å². The Labute approximate surface area is 139 Å². The number of nitrogens with zero attached hydrogens (tertiary/aromatic N) is 3. The van der Waals surface area contributed by atoms with Gasteiger partial charge in [-0.05, 0) is 37.5 Å². The molecule has 6 nitrogen and oxygen atoms in total.